The topological polar surface area (TPSA) is 34.1 Å². The Morgan fingerprint density at radius 3 is 2.05 bits per heavy atom. The lowest BCUT2D eigenvalue weighted by Crippen LogP contribution is -2.22. The van der Waals surface area contributed by atoms with Crippen molar-refractivity contribution in [3.8, 4) is 0 Å². The Morgan fingerprint density at radius 2 is 1.55 bits per heavy atom. The molecule has 2 heteroatoms. The number of aldehydes is 1. The molecule has 0 saturated carbocycles. The van der Waals surface area contributed by atoms with Gasteiger partial charge in [0.15, 0.2) is 5.78 Å². The van der Waals surface area contributed by atoms with E-state index in [-0.39, 0.29) is 5.78 Å². The highest BCUT2D eigenvalue weighted by Crippen LogP contribution is 2.25. The van der Waals surface area contributed by atoms with Gasteiger partial charge >= 0.3 is 0 Å². The molecule has 102 valence electrons. The van der Waals surface area contributed by atoms with Crippen molar-refractivity contribution >= 4 is 12.1 Å². The molecule has 0 aliphatic rings. The van der Waals surface area contributed by atoms with Crippen LogP contribution >= 0.6 is 0 Å². The number of ketones is 1. The number of carbonyl (C=O) groups is 2. The molecule has 0 fully saturated rings. The van der Waals surface area contributed by atoms with Gasteiger partial charge in [-0.1, -0.05) is 61.5 Å². The second kappa shape index (κ2) is 5.83. The first-order chi connectivity index (χ1) is 9.60. The normalized spacial score (nSPS) is 13.5. The molecule has 20 heavy (non-hydrogen) atoms. The van der Waals surface area contributed by atoms with Gasteiger partial charge in [0, 0.05) is 16.5 Å². The monoisotopic (exact) mass is 266 g/mol. The van der Waals surface area contributed by atoms with Gasteiger partial charge in [0.2, 0.25) is 0 Å². The molecule has 2 aromatic carbocycles. The van der Waals surface area contributed by atoms with Crippen LogP contribution in [0, 0.1) is 0 Å². The lowest BCUT2D eigenvalue weighted by atomic mass is 9.81. The smallest absolute Gasteiger partial charge is 0.193 e. The standard InChI is InChI=1S/C18H18O2/c1-3-18(2,13-19)16-11-9-15(10-12-16)17(20)14-7-5-4-6-8-14/h4-13H,3H2,1-2H3. The first-order valence-corrected chi connectivity index (χ1v) is 6.77. The summed E-state index contributed by atoms with van der Waals surface area (Å²) in [6.07, 6.45) is 1.71. The maximum Gasteiger partial charge on any atom is 0.193 e. The number of hydrogen-bond acceptors (Lipinski definition) is 2. The van der Waals surface area contributed by atoms with E-state index in [0.29, 0.717) is 11.1 Å². The van der Waals surface area contributed by atoms with Crippen LogP contribution < -0.4 is 0 Å². The summed E-state index contributed by atoms with van der Waals surface area (Å²) < 4.78 is 0. The molecule has 0 radical (unpaired) electrons. The molecule has 0 heterocycles. The minimum absolute atomic E-state index is 0.00135. The van der Waals surface area contributed by atoms with E-state index in [9.17, 15) is 9.59 Å². The summed E-state index contributed by atoms with van der Waals surface area (Å²) in [6, 6.07) is 16.5. The quantitative estimate of drug-likeness (QED) is 0.609. The van der Waals surface area contributed by atoms with Crippen LogP contribution in [0.1, 0.15) is 41.8 Å². The molecular formula is C18H18O2. The third kappa shape index (κ3) is 2.69. The molecule has 0 bridgehead atoms. The van der Waals surface area contributed by atoms with Crippen molar-refractivity contribution in [2.45, 2.75) is 25.7 Å². The average Bonchev–Trinajstić information content (AvgIpc) is 2.54. The predicted molar refractivity (Wildman–Crippen MR) is 80.0 cm³/mol. The maximum absolute atomic E-state index is 12.3. The van der Waals surface area contributed by atoms with Gasteiger partial charge in [0.05, 0.1) is 0 Å². The van der Waals surface area contributed by atoms with Crippen LogP contribution in [0.3, 0.4) is 0 Å². The number of carbonyl (C=O) groups excluding carboxylic acids is 2. The Morgan fingerprint density at radius 1 is 1.00 bits per heavy atom. The summed E-state index contributed by atoms with van der Waals surface area (Å²) in [6.45, 7) is 3.89. The summed E-state index contributed by atoms with van der Waals surface area (Å²) in [5, 5.41) is 0. The van der Waals surface area contributed by atoms with E-state index in [1.165, 1.54) is 0 Å². The van der Waals surface area contributed by atoms with E-state index in [0.717, 1.165) is 18.3 Å². The second-order valence-electron chi connectivity index (χ2n) is 5.16. The molecule has 0 saturated heterocycles. The van der Waals surface area contributed by atoms with Crippen LogP contribution in [0.2, 0.25) is 0 Å². The van der Waals surface area contributed by atoms with Crippen LogP contribution in [0.25, 0.3) is 0 Å². The Balaban J connectivity index is 2.29. The number of rotatable bonds is 5. The van der Waals surface area contributed by atoms with E-state index in [2.05, 4.69) is 0 Å². The summed E-state index contributed by atoms with van der Waals surface area (Å²) in [4.78, 5) is 23.5. The molecule has 2 rings (SSSR count). The SMILES string of the molecule is CCC(C)(C=O)c1ccc(C(=O)c2ccccc2)cc1. The van der Waals surface area contributed by atoms with Gasteiger partial charge < -0.3 is 4.79 Å². The average molecular weight is 266 g/mol. The van der Waals surface area contributed by atoms with Crippen LogP contribution in [-0.2, 0) is 10.2 Å². The van der Waals surface area contributed by atoms with E-state index < -0.39 is 5.41 Å². The van der Waals surface area contributed by atoms with Crippen molar-refractivity contribution in [2.24, 2.45) is 0 Å². The van der Waals surface area contributed by atoms with Gasteiger partial charge in [-0.3, -0.25) is 4.79 Å². The van der Waals surface area contributed by atoms with E-state index >= 15 is 0 Å². The number of hydrogen-bond donors (Lipinski definition) is 0. The van der Waals surface area contributed by atoms with Crippen molar-refractivity contribution in [1.29, 1.82) is 0 Å². The molecule has 2 aromatic rings. The Labute approximate surface area is 119 Å². The highest BCUT2D eigenvalue weighted by molar-refractivity contribution is 6.08. The third-order valence-electron chi connectivity index (χ3n) is 3.84. The fourth-order valence-electron chi connectivity index (χ4n) is 2.11. The zero-order valence-corrected chi connectivity index (χ0v) is 11.8. The van der Waals surface area contributed by atoms with Gasteiger partial charge in [-0.25, -0.2) is 0 Å². The molecule has 0 N–H and O–H groups in total. The minimum atomic E-state index is -0.478. The van der Waals surface area contributed by atoms with Gasteiger partial charge in [0.25, 0.3) is 0 Å². The molecule has 0 aliphatic heterocycles. The van der Waals surface area contributed by atoms with Crippen molar-refractivity contribution in [3.05, 3.63) is 71.3 Å². The first kappa shape index (κ1) is 14.2. The summed E-state index contributed by atoms with van der Waals surface area (Å²) in [5.74, 6) is 0.00135. The van der Waals surface area contributed by atoms with Crippen molar-refractivity contribution in [1.82, 2.24) is 0 Å². The summed E-state index contributed by atoms with van der Waals surface area (Å²) in [7, 11) is 0. The molecule has 1 atom stereocenters. The van der Waals surface area contributed by atoms with E-state index in [1.807, 2.05) is 44.2 Å². The van der Waals surface area contributed by atoms with Crippen molar-refractivity contribution < 1.29 is 9.59 Å². The van der Waals surface area contributed by atoms with Crippen LogP contribution in [0.5, 0.6) is 0 Å². The Kier molecular flexibility index (Phi) is 4.14. The third-order valence-corrected chi connectivity index (χ3v) is 3.84. The molecule has 0 aromatic heterocycles. The predicted octanol–water partition coefficient (Wildman–Crippen LogP) is 3.78. The van der Waals surface area contributed by atoms with Gasteiger partial charge in [-0.2, -0.15) is 0 Å². The molecule has 0 spiro atoms. The summed E-state index contributed by atoms with van der Waals surface area (Å²) >= 11 is 0. The minimum Gasteiger partial charge on any atom is -0.302 e. The highest BCUT2D eigenvalue weighted by Gasteiger charge is 2.23. The molecule has 1 unspecified atom stereocenters. The number of benzene rings is 2. The lowest BCUT2D eigenvalue weighted by Gasteiger charge is -2.21. The van der Waals surface area contributed by atoms with Crippen LogP contribution in [0.15, 0.2) is 54.6 Å². The van der Waals surface area contributed by atoms with Crippen molar-refractivity contribution in [3.63, 3.8) is 0 Å². The second-order valence-corrected chi connectivity index (χ2v) is 5.16. The van der Waals surface area contributed by atoms with Gasteiger partial charge in [-0.05, 0) is 18.9 Å². The molecular weight excluding hydrogens is 248 g/mol. The van der Waals surface area contributed by atoms with Crippen LogP contribution in [0.4, 0.5) is 0 Å². The first-order valence-electron chi connectivity index (χ1n) is 6.77. The van der Waals surface area contributed by atoms with E-state index in [4.69, 9.17) is 0 Å². The van der Waals surface area contributed by atoms with Crippen molar-refractivity contribution in [2.75, 3.05) is 0 Å². The fraction of sp³-hybridized carbons (Fsp3) is 0.222. The van der Waals surface area contributed by atoms with E-state index in [1.54, 1.807) is 24.3 Å². The maximum atomic E-state index is 12.3. The van der Waals surface area contributed by atoms with Gasteiger partial charge in [-0.15, -0.1) is 0 Å². The molecule has 0 amide bonds. The molecule has 0 aliphatic carbocycles. The largest absolute Gasteiger partial charge is 0.302 e. The zero-order valence-electron chi connectivity index (χ0n) is 11.8. The molecule has 2 nitrogen and oxygen atoms in total. The zero-order chi connectivity index (χ0) is 14.6. The Bertz CT molecular complexity index is 599. The van der Waals surface area contributed by atoms with Crippen LogP contribution in [-0.4, -0.2) is 12.1 Å². The summed E-state index contributed by atoms with van der Waals surface area (Å²) in [5.41, 5.74) is 1.78. The van der Waals surface area contributed by atoms with Gasteiger partial charge in [0.1, 0.15) is 6.29 Å². The fourth-order valence-corrected chi connectivity index (χ4v) is 2.11. The lowest BCUT2D eigenvalue weighted by molar-refractivity contribution is -0.112. The Hall–Kier alpha value is -2.22. The highest BCUT2D eigenvalue weighted by atomic mass is 16.1.